The van der Waals surface area contributed by atoms with Crippen LogP contribution in [0.25, 0.3) is 0 Å². The molecular weight excluding hydrogens is 126 g/mol. The summed E-state index contributed by atoms with van der Waals surface area (Å²) in [6, 6.07) is 8.52. The summed E-state index contributed by atoms with van der Waals surface area (Å²) < 4.78 is 14.1. The molecule has 0 fully saturated rings. The van der Waals surface area contributed by atoms with E-state index in [4.69, 9.17) is 8.48 Å². The standard InChI is InChI=1S/C8H11NO/c9-6-8(10)7-4-2-1-3-5-7/h1-5,8,10H,6,9H2/i6D2. The van der Waals surface area contributed by atoms with Crippen molar-refractivity contribution in [2.24, 2.45) is 5.73 Å². The van der Waals surface area contributed by atoms with Gasteiger partial charge in [0, 0.05) is 9.24 Å². The van der Waals surface area contributed by atoms with Gasteiger partial charge in [0.05, 0.1) is 6.10 Å². The van der Waals surface area contributed by atoms with Crippen LogP contribution in [0.2, 0.25) is 0 Å². The van der Waals surface area contributed by atoms with Crippen molar-refractivity contribution in [3.05, 3.63) is 35.9 Å². The van der Waals surface area contributed by atoms with Crippen molar-refractivity contribution in [2.45, 2.75) is 6.10 Å². The zero-order valence-electron chi connectivity index (χ0n) is 7.49. The van der Waals surface area contributed by atoms with Crippen molar-refractivity contribution >= 4 is 0 Å². The zero-order chi connectivity index (χ0) is 9.19. The lowest BCUT2D eigenvalue weighted by Gasteiger charge is -2.05. The fraction of sp³-hybridized carbons (Fsp3) is 0.250. The monoisotopic (exact) mass is 139 g/mol. The smallest absolute Gasteiger partial charge is 0.0912 e. The second-order valence-electron chi connectivity index (χ2n) is 1.98. The second kappa shape index (κ2) is 3.34. The molecule has 0 heterocycles. The quantitative estimate of drug-likeness (QED) is 0.633. The van der Waals surface area contributed by atoms with Gasteiger partial charge in [-0.05, 0) is 5.56 Å². The van der Waals surface area contributed by atoms with Gasteiger partial charge in [-0.1, -0.05) is 30.3 Å². The fourth-order valence-corrected chi connectivity index (χ4v) is 0.732. The van der Waals surface area contributed by atoms with Crippen LogP contribution in [0.3, 0.4) is 0 Å². The molecular formula is C8H11NO. The van der Waals surface area contributed by atoms with E-state index in [2.05, 4.69) is 0 Å². The molecule has 54 valence electrons. The van der Waals surface area contributed by atoms with Gasteiger partial charge in [-0.25, -0.2) is 0 Å². The molecule has 1 aromatic carbocycles. The molecule has 0 bridgehead atoms. The van der Waals surface area contributed by atoms with Crippen molar-refractivity contribution in [1.82, 2.24) is 0 Å². The van der Waals surface area contributed by atoms with Crippen molar-refractivity contribution in [1.29, 1.82) is 0 Å². The van der Waals surface area contributed by atoms with Crippen LogP contribution in [0.5, 0.6) is 0 Å². The highest BCUT2D eigenvalue weighted by molar-refractivity contribution is 5.17. The highest BCUT2D eigenvalue weighted by atomic mass is 16.3. The Kier molecular flexibility index (Phi) is 1.63. The van der Waals surface area contributed by atoms with Gasteiger partial charge >= 0.3 is 0 Å². The third-order valence-corrected chi connectivity index (χ3v) is 1.27. The third kappa shape index (κ3) is 1.56. The molecule has 0 radical (unpaired) electrons. The number of nitrogens with two attached hydrogens (primary N) is 1. The largest absolute Gasteiger partial charge is 0.387 e. The van der Waals surface area contributed by atoms with E-state index in [0.29, 0.717) is 5.56 Å². The Bertz CT molecular complexity index is 245. The van der Waals surface area contributed by atoms with E-state index in [1.165, 1.54) is 0 Å². The van der Waals surface area contributed by atoms with E-state index in [-0.39, 0.29) is 0 Å². The molecule has 0 aromatic heterocycles. The first-order valence-corrected chi connectivity index (χ1v) is 3.03. The maximum Gasteiger partial charge on any atom is 0.0912 e. The minimum Gasteiger partial charge on any atom is -0.387 e. The first-order valence-electron chi connectivity index (χ1n) is 4.03. The van der Waals surface area contributed by atoms with Crippen LogP contribution >= 0.6 is 0 Å². The van der Waals surface area contributed by atoms with Crippen molar-refractivity contribution in [2.75, 3.05) is 6.50 Å². The summed E-state index contributed by atoms with van der Waals surface area (Å²) in [7, 11) is 0. The number of rotatable bonds is 2. The number of aliphatic hydroxyl groups excluding tert-OH is 1. The molecule has 10 heavy (non-hydrogen) atoms. The molecule has 0 saturated heterocycles. The van der Waals surface area contributed by atoms with Gasteiger partial charge in [0.15, 0.2) is 0 Å². The van der Waals surface area contributed by atoms with Gasteiger partial charge < -0.3 is 10.8 Å². The average molecular weight is 139 g/mol. The predicted octanol–water partition coefficient (Wildman–Crippen LogP) is 0.679. The summed E-state index contributed by atoms with van der Waals surface area (Å²) >= 11 is 0. The average Bonchev–Trinajstić information content (AvgIpc) is 2.03. The van der Waals surface area contributed by atoms with E-state index in [1.807, 2.05) is 0 Å². The van der Waals surface area contributed by atoms with Gasteiger partial charge in [0.25, 0.3) is 0 Å². The van der Waals surface area contributed by atoms with Crippen LogP contribution in [0.15, 0.2) is 30.3 Å². The number of benzene rings is 1. The maximum atomic E-state index is 9.36. The molecule has 0 amide bonds. The molecule has 1 unspecified atom stereocenters. The number of hydrogen-bond donors (Lipinski definition) is 2. The molecule has 1 aromatic rings. The van der Waals surface area contributed by atoms with E-state index >= 15 is 0 Å². The Morgan fingerprint density at radius 2 is 2.10 bits per heavy atom. The molecule has 0 aliphatic rings. The van der Waals surface area contributed by atoms with Crippen LogP contribution < -0.4 is 5.73 Å². The topological polar surface area (TPSA) is 46.2 Å². The Labute approximate surface area is 63.1 Å². The first-order chi connectivity index (χ1) is 5.52. The van der Waals surface area contributed by atoms with Gasteiger partial charge in [-0.3, -0.25) is 0 Å². The van der Waals surface area contributed by atoms with Crippen molar-refractivity contribution < 1.29 is 7.85 Å². The summed E-state index contributed by atoms with van der Waals surface area (Å²) in [5, 5.41) is 9.36. The lowest BCUT2D eigenvalue weighted by atomic mass is 10.1. The summed E-state index contributed by atoms with van der Waals surface area (Å²) in [6.07, 6.45) is -1.27. The Morgan fingerprint density at radius 3 is 2.60 bits per heavy atom. The van der Waals surface area contributed by atoms with Gasteiger partial charge in [0.2, 0.25) is 0 Å². The van der Waals surface area contributed by atoms with Crippen molar-refractivity contribution in [3.63, 3.8) is 0 Å². The Balaban J connectivity index is 2.86. The highest BCUT2D eigenvalue weighted by Gasteiger charge is 2.01. The molecule has 2 nitrogen and oxygen atoms in total. The van der Waals surface area contributed by atoms with Crippen LogP contribution in [0.4, 0.5) is 0 Å². The lowest BCUT2D eigenvalue weighted by Crippen LogP contribution is -2.10. The molecule has 0 aliphatic carbocycles. The van der Waals surface area contributed by atoms with Gasteiger partial charge in [-0.2, -0.15) is 0 Å². The van der Waals surface area contributed by atoms with Crippen LogP contribution in [-0.2, 0) is 0 Å². The third-order valence-electron chi connectivity index (χ3n) is 1.27. The van der Waals surface area contributed by atoms with Crippen LogP contribution in [0.1, 0.15) is 14.4 Å². The minimum atomic E-state index is -2.08. The summed E-state index contributed by atoms with van der Waals surface area (Å²) in [6.45, 7) is -2.08. The van der Waals surface area contributed by atoms with E-state index in [1.54, 1.807) is 30.3 Å². The summed E-state index contributed by atoms with van der Waals surface area (Å²) in [5.74, 6) is 0. The molecule has 2 heteroatoms. The Morgan fingerprint density at radius 1 is 1.50 bits per heavy atom. The van der Waals surface area contributed by atoms with E-state index in [0.717, 1.165) is 0 Å². The van der Waals surface area contributed by atoms with Gasteiger partial charge in [0.1, 0.15) is 0 Å². The molecule has 0 spiro atoms. The number of hydrogen-bond acceptors (Lipinski definition) is 2. The highest BCUT2D eigenvalue weighted by Crippen LogP contribution is 2.08. The summed E-state index contributed by atoms with van der Waals surface area (Å²) in [5.41, 5.74) is 5.59. The normalized spacial score (nSPS) is 17.4. The first kappa shape index (κ1) is 4.88. The lowest BCUT2D eigenvalue weighted by molar-refractivity contribution is 0.187. The van der Waals surface area contributed by atoms with Crippen LogP contribution in [0, 0.1) is 0 Å². The number of aliphatic hydroxyl groups is 1. The van der Waals surface area contributed by atoms with Crippen LogP contribution in [-0.4, -0.2) is 11.6 Å². The van der Waals surface area contributed by atoms with Crippen molar-refractivity contribution in [3.8, 4) is 0 Å². The zero-order valence-corrected chi connectivity index (χ0v) is 5.49. The SMILES string of the molecule is [2H]C([2H])(N)C(O)c1ccccc1. The molecule has 1 atom stereocenters. The molecule has 3 N–H and O–H groups in total. The van der Waals surface area contributed by atoms with Gasteiger partial charge in [-0.15, -0.1) is 0 Å². The molecule has 1 rings (SSSR count). The fourth-order valence-electron chi connectivity index (χ4n) is 0.732. The molecule has 0 saturated carbocycles. The minimum absolute atomic E-state index is 0.491. The van der Waals surface area contributed by atoms with E-state index in [9.17, 15) is 5.11 Å². The second-order valence-corrected chi connectivity index (χ2v) is 1.98. The van der Waals surface area contributed by atoms with E-state index < -0.39 is 12.6 Å². The molecule has 0 aliphatic heterocycles. The summed E-state index contributed by atoms with van der Waals surface area (Å²) in [4.78, 5) is 0. The maximum absolute atomic E-state index is 9.36. The Hall–Kier alpha value is -0.860. The predicted molar refractivity (Wildman–Crippen MR) is 40.5 cm³/mol.